The minimum atomic E-state index is -5.08. The van der Waals surface area contributed by atoms with Gasteiger partial charge in [-0.25, -0.2) is 4.79 Å². The van der Waals surface area contributed by atoms with E-state index >= 15 is 0 Å². The summed E-state index contributed by atoms with van der Waals surface area (Å²) in [5, 5.41) is 26.0. The van der Waals surface area contributed by atoms with Crippen LogP contribution in [0, 0.1) is 5.41 Å². The first-order valence-electron chi connectivity index (χ1n) is 11.2. The third-order valence-corrected chi connectivity index (χ3v) is 5.26. The van der Waals surface area contributed by atoms with Crippen molar-refractivity contribution in [2.24, 2.45) is 11.5 Å². The molecule has 16 heteroatoms. The fraction of sp³-hybridized carbons (Fsp3) is 0.455. The second-order valence-electron chi connectivity index (χ2n) is 8.02. The summed E-state index contributed by atoms with van der Waals surface area (Å²) >= 11 is 0. The Labute approximate surface area is 215 Å². The number of amidine groups is 1. The molecule has 1 saturated heterocycles. The number of alkyl halides is 3. The van der Waals surface area contributed by atoms with Gasteiger partial charge >= 0.3 is 18.1 Å². The summed E-state index contributed by atoms with van der Waals surface area (Å²) in [5.74, 6) is -5.29. The number of hydrogen-bond acceptors (Lipinski definition) is 7. The Morgan fingerprint density at radius 2 is 1.61 bits per heavy atom. The monoisotopic (exact) mass is 546 g/mol. The summed E-state index contributed by atoms with van der Waals surface area (Å²) < 4.78 is 31.7. The van der Waals surface area contributed by atoms with E-state index in [0.29, 0.717) is 36.9 Å². The van der Waals surface area contributed by atoms with E-state index in [1.165, 1.54) is 34.1 Å². The van der Waals surface area contributed by atoms with E-state index in [0.717, 1.165) is 0 Å². The minimum absolute atomic E-state index is 0.116. The number of aliphatic carboxylic acids is 2. The number of nitrogens with two attached hydrogens (primary N) is 2. The number of benzene rings is 1. The van der Waals surface area contributed by atoms with Gasteiger partial charge in [-0.3, -0.25) is 24.6 Å². The SMILES string of the molecule is N=C(N)c1ccc(C(=O)NCC(=O)N2CCN(CC(=O)O)C(=O)[C@@H]2CCCCN)cc1.O=C(O)C(F)(F)F. The molecule has 210 valence electrons. The Hall–Kier alpha value is -4.21. The van der Waals surface area contributed by atoms with Crippen LogP contribution in [-0.2, 0) is 19.2 Å². The standard InChI is InChI=1S/C20H28N6O5.C2HF3O2/c21-8-2-1-3-15-20(31)25(12-17(28)29)9-10-26(15)16(27)11-24-19(30)14-6-4-13(5-7-14)18(22)23;3-2(4,5)1(6)7/h4-7,15H,1-3,8-12,21H2,(H3,22,23)(H,24,30)(H,28,29);(H,6,7)/t15-;/m0./s1. The smallest absolute Gasteiger partial charge is 0.480 e. The van der Waals surface area contributed by atoms with E-state index in [9.17, 15) is 32.3 Å². The molecule has 0 spiro atoms. The van der Waals surface area contributed by atoms with Gasteiger partial charge < -0.3 is 36.8 Å². The fourth-order valence-corrected chi connectivity index (χ4v) is 3.38. The minimum Gasteiger partial charge on any atom is -0.480 e. The molecule has 0 bridgehead atoms. The maximum absolute atomic E-state index is 12.7. The van der Waals surface area contributed by atoms with E-state index in [1.54, 1.807) is 0 Å². The summed E-state index contributed by atoms with van der Waals surface area (Å²) in [6.45, 7) is 0.0410. The Kier molecular flexibility index (Phi) is 12.1. The summed E-state index contributed by atoms with van der Waals surface area (Å²) in [5.41, 5.74) is 11.7. The highest BCUT2D eigenvalue weighted by molar-refractivity contribution is 5.99. The predicted molar refractivity (Wildman–Crippen MR) is 126 cm³/mol. The molecule has 8 N–H and O–H groups in total. The first kappa shape index (κ1) is 31.8. The van der Waals surface area contributed by atoms with Crippen LogP contribution in [-0.4, -0.2) is 100 Å². The molecule has 1 aromatic rings. The number of hydrogen-bond donors (Lipinski definition) is 6. The molecule has 0 aliphatic carbocycles. The highest BCUT2D eigenvalue weighted by atomic mass is 19.4. The maximum Gasteiger partial charge on any atom is 0.490 e. The predicted octanol–water partition coefficient (Wildman–Crippen LogP) is -0.413. The van der Waals surface area contributed by atoms with E-state index in [-0.39, 0.29) is 25.5 Å². The summed E-state index contributed by atoms with van der Waals surface area (Å²) in [4.78, 5) is 60.3. The zero-order valence-electron chi connectivity index (χ0n) is 20.2. The van der Waals surface area contributed by atoms with Crippen LogP contribution in [0.1, 0.15) is 35.2 Å². The van der Waals surface area contributed by atoms with Crippen molar-refractivity contribution in [3.05, 3.63) is 35.4 Å². The highest BCUT2D eigenvalue weighted by Crippen LogP contribution is 2.17. The number of carbonyl (C=O) groups is 5. The Balaban J connectivity index is 0.000000905. The molecule has 1 atom stereocenters. The average molecular weight is 547 g/mol. The third kappa shape index (κ3) is 10.0. The van der Waals surface area contributed by atoms with Gasteiger partial charge in [0.15, 0.2) is 0 Å². The van der Waals surface area contributed by atoms with E-state index in [4.69, 9.17) is 31.9 Å². The van der Waals surface area contributed by atoms with Gasteiger partial charge in [-0.15, -0.1) is 0 Å². The number of piperazine rings is 1. The van der Waals surface area contributed by atoms with Crippen LogP contribution in [0.2, 0.25) is 0 Å². The molecule has 0 aromatic heterocycles. The number of rotatable bonds is 10. The van der Waals surface area contributed by atoms with Gasteiger partial charge in [-0.2, -0.15) is 13.2 Å². The van der Waals surface area contributed by atoms with E-state index in [2.05, 4.69) is 5.32 Å². The van der Waals surface area contributed by atoms with Gasteiger partial charge in [-0.05, 0) is 37.9 Å². The van der Waals surface area contributed by atoms with Crippen LogP contribution < -0.4 is 16.8 Å². The van der Waals surface area contributed by atoms with Crippen LogP contribution in [0.4, 0.5) is 13.2 Å². The molecular formula is C22H29F3N6O7. The van der Waals surface area contributed by atoms with Crippen molar-refractivity contribution in [1.82, 2.24) is 15.1 Å². The van der Waals surface area contributed by atoms with Gasteiger partial charge in [0, 0.05) is 24.2 Å². The largest absolute Gasteiger partial charge is 0.490 e. The van der Waals surface area contributed by atoms with Crippen molar-refractivity contribution in [3.8, 4) is 0 Å². The number of unbranched alkanes of at least 4 members (excludes halogenated alkanes) is 1. The van der Waals surface area contributed by atoms with E-state index in [1.807, 2.05) is 0 Å². The summed E-state index contributed by atoms with van der Waals surface area (Å²) in [6, 6.07) is 5.29. The molecule has 1 aliphatic rings. The summed E-state index contributed by atoms with van der Waals surface area (Å²) in [7, 11) is 0. The van der Waals surface area contributed by atoms with Crippen molar-refractivity contribution in [2.75, 3.05) is 32.7 Å². The van der Waals surface area contributed by atoms with Crippen LogP contribution in [0.15, 0.2) is 24.3 Å². The van der Waals surface area contributed by atoms with Crippen LogP contribution in [0.25, 0.3) is 0 Å². The molecule has 1 heterocycles. The molecule has 0 radical (unpaired) electrons. The van der Waals surface area contributed by atoms with Gasteiger partial charge in [-0.1, -0.05) is 12.1 Å². The zero-order chi connectivity index (χ0) is 29.0. The number of carboxylic acid groups (broad SMARTS) is 2. The van der Waals surface area contributed by atoms with Gasteiger partial charge in [0.25, 0.3) is 5.91 Å². The fourth-order valence-electron chi connectivity index (χ4n) is 3.38. The lowest BCUT2D eigenvalue weighted by molar-refractivity contribution is -0.192. The molecule has 0 saturated carbocycles. The van der Waals surface area contributed by atoms with Gasteiger partial charge in [0.2, 0.25) is 11.8 Å². The van der Waals surface area contributed by atoms with Crippen molar-refractivity contribution in [1.29, 1.82) is 5.41 Å². The number of amides is 3. The maximum atomic E-state index is 12.7. The third-order valence-electron chi connectivity index (χ3n) is 5.26. The topological polar surface area (TPSA) is 220 Å². The zero-order valence-corrected chi connectivity index (χ0v) is 20.2. The second kappa shape index (κ2) is 14.5. The Bertz CT molecular complexity index is 1030. The van der Waals surface area contributed by atoms with Gasteiger partial charge in [0.05, 0.1) is 6.54 Å². The molecule has 1 aromatic carbocycles. The van der Waals surface area contributed by atoms with E-state index < -0.39 is 48.4 Å². The molecule has 1 aliphatic heterocycles. The lowest BCUT2D eigenvalue weighted by Crippen LogP contribution is -2.60. The highest BCUT2D eigenvalue weighted by Gasteiger charge is 2.38. The van der Waals surface area contributed by atoms with Crippen LogP contribution >= 0.6 is 0 Å². The number of nitrogen functional groups attached to an aromatic ring is 1. The normalized spacial score (nSPS) is 15.3. The number of halogens is 3. The number of carbonyl (C=O) groups excluding carboxylic acids is 3. The average Bonchev–Trinajstić information content (AvgIpc) is 2.84. The van der Waals surface area contributed by atoms with Crippen LogP contribution in [0.3, 0.4) is 0 Å². The molecule has 0 unspecified atom stereocenters. The quantitative estimate of drug-likeness (QED) is 0.127. The van der Waals surface area contributed by atoms with Crippen molar-refractivity contribution >= 4 is 35.5 Å². The van der Waals surface area contributed by atoms with Crippen molar-refractivity contribution < 1.29 is 47.4 Å². The first-order chi connectivity index (χ1) is 17.7. The molecular weight excluding hydrogens is 517 g/mol. The second-order valence-corrected chi connectivity index (χ2v) is 8.02. The lowest BCUT2D eigenvalue weighted by Gasteiger charge is -2.40. The van der Waals surface area contributed by atoms with Crippen LogP contribution in [0.5, 0.6) is 0 Å². The molecule has 3 amide bonds. The molecule has 38 heavy (non-hydrogen) atoms. The number of carboxylic acids is 2. The Morgan fingerprint density at radius 3 is 2.08 bits per heavy atom. The van der Waals surface area contributed by atoms with Gasteiger partial charge in [0.1, 0.15) is 18.4 Å². The molecule has 13 nitrogen and oxygen atoms in total. The lowest BCUT2D eigenvalue weighted by atomic mass is 10.0. The number of nitrogens with zero attached hydrogens (tertiary/aromatic N) is 2. The number of nitrogens with one attached hydrogen (secondary N) is 2. The first-order valence-corrected chi connectivity index (χ1v) is 11.2. The molecule has 1 fully saturated rings. The summed E-state index contributed by atoms with van der Waals surface area (Å²) in [6.07, 6.45) is -3.41. The van der Waals surface area contributed by atoms with Crippen molar-refractivity contribution in [2.45, 2.75) is 31.5 Å². The Morgan fingerprint density at radius 1 is 1.05 bits per heavy atom. The van der Waals surface area contributed by atoms with Crippen molar-refractivity contribution in [3.63, 3.8) is 0 Å². The molecule has 2 rings (SSSR count).